The van der Waals surface area contributed by atoms with Gasteiger partial charge in [0, 0.05) is 5.69 Å². The van der Waals surface area contributed by atoms with Gasteiger partial charge in [0.2, 0.25) is 0 Å². The molecule has 0 aliphatic carbocycles. The SMILES string of the molecule is Cc1ccc(N)c(C(CC(C)(C)C)C(=O)O)c1. The molecule has 0 radical (unpaired) electrons. The summed E-state index contributed by atoms with van der Waals surface area (Å²) in [6.07, 6.45) is 0.579. The van der Waals surface area contributed by atoms with Crippen LogP contribution in [-0.2, 0) is 4.79 Å². The molecule has 3 nitrogen and oxygen atoms in total. The van der Waals surface area contributed by atoms with Crippen LogP contribution in [0.2, 0.25) is 0 Å². The molecule has 0 aromatic heterocycles. The van der Waals surface area contributed by atoms with Crippen molar-refractivity contribution in [3.63, 3.8) is 0 Å². The monoisotopic (exact) mass is 235 g/mol. The Morgan fingerprint density at radius 3 is 2.47 bits per heavy atom. The van der Waals surface area contributed by atoms with Crippen molar-refractivity contribution >= 4 is 11.7 Å². The quantitative estimate of drug-likeness (QED) is 0.791. The number of carbonyl (C=O) groups is 1. The van der Waals surface area contributed by atoms with Gasteiger partial charge in [0.1, 0.15) is 0 Å². The molecular weight excluding hydrogens is 214 g/mol. The first-order valence-electron chi connectivity index (χ1n) is 5.79. The zero-order valence-corrected chi connectivity index (χ0v) is 10.9. The molecule has 1 aromatic carbocycles. The van der Waals surface area contributed by atoms with E-state index in [1.165, 1.54) is 0 Å². The molecule has 0 saturated carbocycles. The number of nitrogen functional groups attached to an aromatic ring is 1. The maximum atomic E-state index is 11.4. The van der Waals surface area contributed by atoms with Crippen molar-refractivity contribution in [1.29, 1.82) is 0 Å². The van der Waals surface area contributed by atoms with Gasteiger partial charge in [-0.2, -0.15) is 0 Å². The summed E-state index contributed by atoms with van der Waals surface area (Å²) in [5.41, 5.74) is 8.17. The average Bonchev–Trinajstić information content (AvgIpc) is 2.17. The molecule has 3 N–H and O–H groups in total. The maximum Gasteiger partial charge on any atom is 0.311 e. The summed E-state index contributed by atoms with van der Waals surface area (Å²) >= 11 is 0. The van der Waals surface area contributed by atoms with Gasteiger partial charge in [0.15, 0.2) is 0 Å². The predicted molar refractivity (Wildman–Crippen MR) is 70.0 cm³/mol. The normalized spacial score (nSPS) is 13.4. The van der Waals surface area contributed by atoms with Crippen molar-refractivity contribution in [2.24, 2.45) is 5.41 Å². The summed E-state index contributed by atoms with van der Waals surface area (Å²) in [5, 5.41) is 9.35. The van der Waals surface area contributed by atoms with Crippen LogP contribution < -0.4 is 5.73 Å². The molecular formula is C14H21NO2. The Morgan fingerprint density at radius 1 is 1.41 bits per heavy atom. The molecule has 1 atom stereocenters. The van der Waals surface area contributed by atoms with Gasteiger partial charge in [-0.05, 0) is 30.4 Å². The van der Waals surface area contributed by atoms with Crippen molar-refractivity contribution in [3.05, 3.63) is 29.3 Å². The summed E-state index contributed by atoms with van der Waals surface area (Å²) in [6, 6.07) is 5.55. The lowest BCUT2D eigenvalue weighted by Crippen LogP contribution is -2.20. The van der Waals surface area contributed by atoms with Crippen LogP contribution >= 0.6 is 0 Å². The van der Waals surface area contributed by atoms with Gasteiger partial charge in [-0.25, -0.2) is 0 Å². The summed E-state index contributed by atoms with van der Waals surface area (Å²) in [4.78, 5) is 11.4. The van der Waals surface area contributed by atoms with E-state index in [1.807, 2.05) is 39.8 Å². The molecule has 0 bridgehead atoms. The van der Waals surface area contributed by atoms with Gasteiger partial charge >= 0.3 is 5.97 Å². The second-order valence-electron chi connectivity index (χ2n) is 5.79. The Bertz CT molecular complexity index is 419. The van der Waals surface area contributed by atoms with Gasteiger partial charge in [-0.1, -0.05) is 38.5 Å². The number of anilines is 1. The highest BCUT2D eigenvalue weighted by molar-refractivity contribution is 5.78. The number of hydrogen-bond donors (Lipinski definition) is 2. The molecule has 3 heteroatoms. The van der Waals surface area contributed by atoms with Gasteiger partial charge in [-0.15, -0.1) is 0 Å². The largest absolute Gasteiger partial charge is 0.481 e. The molecule has 0 aliphatic rings. The lowest BCUT2D eigenvalue weighted by molar-refractivity contribution is -0.139. The molecule has 1 rings (SSSR count). The van der Waals surface area contributed by atoms with Crippen LogP contribution in [0.4, 0.5) is 5.69 Å². The van der Waals surface area contributed by atoms with E-state index in [9.17, 15) is 9.90 Å². The number of rotatable bonds is 3. The van der Waals surface area contributed by atoms with Gasteiger partial charge < -0.3 is 10.8 Å². The fourth-order valence-electron chi connectivity index (χ4n) is 1.94. The Kier molecular flexibility index (Phi) is 3.81. The van der Waals surface area contributed by atoms with E-state index in [-0.39, 0.29) is 5.41 Å². The Hall–Kier alpha value is -1.51. The molecule has 0 heterocycles. The van der Waals surface area contributed by atoms with Crippen LogP contribution in [0.15, 0.2) is 18.2 Å². The zero-order valence-electron chi connectivity index (χ0n) is 10.9. The van der Waals surface area contributed by atoms with Crippen LogP contribution in [0, 0.1) is 12.3 Å². The van der Waals surface area contributed by atoms with E-state index in [4.69, 9.17) is 5.73 Å². The molecule has 94 valence electrons. The molecule has 1 aromatic rings. The number of aryl methyl sites for hydroxylation is 1. The van der Waals surface area contributed by atoms with Crippen molar-refractivity contribution in [2.45, 2.75) is 40.0 Å². The van der Waals surface area contributed by atoms with E-state index in [1.54, 1.807) is 6.07 Å². The Balaban J connectivity index is 3.14. The molecule has 17 heavy (non-hydrogen) atoms. The number of benzene rings is 1. The highest BCUT2D eigenvalue weighted by atomic mass is 16.4. The van der Waals surface area contributed by atoms with E-state index in [0.29, 0.717) is 12.1 Å². The minimum absolute atomic E-state index is 0.0424. The third kappa shape index (κ3) is 3.77. The Labute approximate surface area is 103 Å². The first kappa shape index (κ1) is 13.6. The fraction of sp³-hybridized carbons (Fsp3) is 0.500. The van der Waals surface area contributed by atoms with Crippen molar-refractivity contribution in [2.75, 3.05) is 5.73 Å². The predicted octanol–water partition coefficient (Wildman–Crippen LogP) is 3.18. The number of nitrogens with two attached hydrogens (primary N) is 1. The first-order chi connectivity index (χ1) is 7.70. The number of carboxylic acid groups (broad SMARTS) is 1. The molecule has 0 spiro atoms. The fourth-order valence-corrected chi connectivity index (χ4v) is 1.94. The third-order valence-electron chi connectivity index (χ3n) is 2.73. The molecule has 0 aliphatic heterocycles. The lowest BCUT2D eigenvalue weighted by Gasteiger charge is -2.24. The van der Waals surface area contributed by atoms with Crippen LogP contribution in [0.1, 0.15) is 44.2 Å². The van der Waals surface area contributed by atoms with Crippen LogP contribution in [0.3, 0.4) is 0 Å². The third-order valence-corrected chi connectivity index (χ3v) is 2.73. The van der Waals surface area contributed by atoms with Crippen molar-refractivity contribution in [1.82, 2.24) is 0 Å². The standard InChI is InChI=1S/C14H21NO2/c1-9-5-6-12(15)10(7-9)11(13(16)17)8-14(2,3)4/h5-7,11H,8,15H2,1-4H3,(H,16,17). The van der Waals surface area contributed by atoms with Gasteiger partial charge in [0.05, 0.1) is 5.92 Å². The molecule has 0 amide bonds. The number of carboxylic acids is 1. The maximum absolute atomic E-state index is 11.4. The highest BCUT2D eigenvalue weighted by Crippen LogP contribution is 2.34. The second-order valence-corrected chi connectivity index (χ2v) is 5.79. The van der Waals surface area contributed by atoms with Crippen LogP contribution in [0.5, 0.6) is 0 Å². The summed E-state index contributed by atoms with van der Waals surface area (Å²) < 4.78 is 0. The molecule has 0 fully saturated rings. The topological polar surface area (TPSA) is 63.3 Å². The minimum Gasteiger partial charge on any atom is -0.481 e. The van der Waals surface area contributed by atoms with E-state index in [2.05, 4.69) is 0 Å². The number of hydrogen-bond acceptors (Lipinski definition) is 2. The Morgan fingerprint density at radius 2 is 2.00 bits per heavy atom. The van der Waals surface area contributed by atoms with E-state index < -0.39 is 11.9 Å². The highest BCUT2D eigenvalue weighted by Gasteiger charge is 2.27. The van der Waals surface area contributed by atoms with E-state index in [0.717, 1.165) is 11.1 Å². The summed E-state index contributed by atoms with van der Waals surface area (Å²) in [7, 11) is 0. The van der Waals surface area contributed by atoms with Crippen molar-refractivity contribution < 1.29 is 9.90 Å². The van der Waals surface area contributed by atoms with Gasteiger partial charge in [0.25, 0.3) is 0 Å². The smallest absolute Gasteiger partial charge is 0.311 e. The average molecular weight is 235 g/mol. The minimum atomic E-state index is -0.808. The zero-order chi connectivity index (χ0) is 13.2. The van der Waals surface area contributed by atoms with Gasteiger partial charge in [-0.3, -0.25) is 4.79 Å². The van der Waals surface area contributed by atoms with Crippen molar-refractivity contribution in [3.8, 4) is 0 Å². The number of aliphatic carboxylic acids is 1. The second kappa shape index (κ2) is 4.78. The molecule has 1 unspecified atom stereocenters. The van der Waals surface area contributed by atoms with Crippen LogP contribution in [0.25, 0.3) is 0 Å². The summed E-state index contributed by atoms with van der Waals surface area (Å²) in [5.74, 6) is -1.34. The van der Waals surface area contributed by atoms with E-state index >= 15 is 0 Å². The van der Waals surface area contributed by atoms with Crippen LogP contribution in [-0.4, -0.2) is 11.1 Å². The lowest BCUT2D eigenvalue weighted by atomic mass is 9.80. The summed E-state index contributed by atoms with van der Waals surface area (Å²) in [6.45, 7) is 8.05. The molecule has 0 saturated heterocycles. The first-order valence-corrected chi connectivity index (χ1v) is 5.79.